The summed E-state index contributed by atoms with van der Waals surface area (Å²) in [6, 6.07) is 6.60. The first-order valence-corrected chi connectivity index (χ1v) is 6.63. The third kappa shape index (κ3) is 3.25. The Morgan fingerprint density at radius 3 is 2.84 bits per heavy atom. The predicted molar refractivity (Wildman–Crippen MR) is 72.8 cm³/mol. The Balaban J connectivity index is 2.14. The van der Waals surface area contributed by atoms with Gasteiger partial charge in [0.05, 0.1) is 0 Å². The second kappa shape index (κ2) is 5.19. The van der Waals surface area contributed by atoms with E-state index in [0.717, 1.165) is 25.1 Å². The molecule has 0 radical (unpaired) electrons. The number of benzene rings is 1. The van der Waals surface area contributed by atoms with E-state index in [1.54, 1.807) is 12.1 Å². The first-order chi connectivity index (χ1) is 8.88. The highest BCUT2D eigenvalue weighted by Crippen LogP contribution is 2.36. The van der Waals surface area contributed by atoms with Crippen molar-refractivity contribution in [3.63, 3.8) is 0 Å². The second-order valence-electron chi connectivity index (χ2n) is 5.90. The van der Waals surface area contributed by atoms with E-state index < -0.39 is 5.97 Å². The summed E-state index contributed by atoms with van der Waals surface area (Å²) in [5, 5.41) is 8.89. The average molecular weight is 265 g/mol. The van der Waals surface area contributed by atoms with Gasteiger partial charge in [0.15, 0.2) is 0 Å². The molecule has 1 saturated heterocycles. The van der Waals surface area contributed by atoms with E-state index in [2.05, 4.69) is 18.7 Å². The van der Waals surface area contributed by atoms with Crippen molar-refractivity contribution in [2.75, 3.05) is 11.4 Å². The van der Waals surface area contributed by atoms with Crippen molar-refractivity contribution in [3.05, 3.63) is 30.1 Å². The molecule has 0 saturated carbocycles. The van der Waals surface area contributed by atoms with Crippen LogP contribution in [0.2, 0.25) is 0 Å². The topological polar surface area (TPSA) is 40.5 Å². The van der Waals surface area contributed by atoms with Crippen LogP contribution in [0.5, 0.6) is 0 Å². The minimum absolute atomic E-state index is 0.147. The molecule has 1 aromatic carbocycles. The summed E-state index contributed by atoms with van der Waals surface area (Å²) < 4.78 is 13.3. The zero-order valence-corrected chi connectivity index (χ0v) is 11.4. The van der Waals surface area contributed by atoms with Crippen LogP contribution in [-0.4, -0.2) is 23.2 Å². The summed E-state index contributed by atoms with van der Waals surface area (Å²) in [4.78, 5) is 13.0. The lowest BCUT2D eigenvalue weighted by Crippen LogP contribution is -2.50. The third-order valence-electron chi connectivity index (χ3n) is 3.86. The van der Waals surface area contributed by atoms with Gasteiger partial charge in [0, 0.05) is 24.2 Å². The van der Waals surface area contributed by atoms with Crippen LogP contribution in [0.3, 0.4) is 0 Å². The number of carbonyl (C=O) groups is 1. The van der Waals surface area contributed by atoms with E-state index in [4.69, 9.17) is 5.11 Å². The molecule has 2 rings (SSSR count). The molecule has 0 amide bonds. The molecule has 19 heavy (non-hydrogen) atoms. The van der Waals surface area contributed by atoms with Crippen molar-refractivity contribution < 1.29 is 14.3 Å². The fourth-order valence-electron chi connectivity index (χ4n) is 3.08. The van der Waals surface area contributed by atoms with Crippen molar-refractivity contribution in [2.24, 2.45) is 5.92 Å². The quantitative estimate of drug-likeness (QED) is 0.911. The van der Waals surface area contributed by atoms with Gasteiger partial charge in [0.25, 0.3) is 0 Å². The van der Waals surface area contributed by atoms with E-state index in [1.165, 1.54) is 6.07 Å². The van der Waals surface area contributed by atoms with Crippen LogP contribution in [0.1, 0.15) is 33.1 Å². The molecule has 1 aliphatic rings. The number of piperidine rings is 1. The number of hydrogen-bond donors (Lipinski definition) is 1. The molecule has 1 N–H and O–H groups in total. The van der Waals surface area contributed by atoms with Gasteiger partial charge in [-0.05, 0) is 50.8 Å². The molecule has 1 atom stereocenters. The minimum Gasteiger partial charge on any atom is -0.481 e. The first kappa shape index (κ1) is 13.8. The number of aliphatic carboxylic acids is 1. The largest absolute Gasteiger partial charge is 0.481 e. The van der Waals surface area contributed by atoms with Gasteiger partial charge in [0.1, 0.15) is 5.82 Å². The Labute approximate surface area is 113 Å². The third-order valence-corrected chi connectivity index (χ3v) is 3.86. The molecule has 0 aliphatic carbocycles. The lowest BCUT2D eigenvalue weighted by Gasteiger charge is -2.47. The molecule has 1 aliphatic heterocycles. The minimum atomic E-state index is -0.736. The highest BCUT2D eigenvalue weighted by atomic mass is 19.1. The number of anilines is 1. The second-order valence-corrected chi connectivity index (χ2v) is 5.90. The molecule has 0 bridgehead atoms. The molecule has 1 heterocycles. The first-order valence-electron chi connectivity index (χ1n) is 6.63. The van der Waals surface area contributed by atoms with Gasteiger partial charge in [-0.25, -0.2) is 4.39 Å². The summed E-state index contributed by atoms with van der Waals surface area (Å²) in [7, 11) is 0. The summed E-state index contributed by atoms with van der Waals surface area (Å²) in [6.07, 6.45) is 1.88. The van der Waals surface area contributed by atoms with E-state index >= 15 is 0 Å². The summed E-state index contributed by atoms with van der Waals surface area (Å²) in [5.74, 6) is -0.765. The van der Waals surface area contributed by atoms with Gasteiger partial charge in [-0.1, -0.05) is 6.07 Å². The highest BCUT2D eigenvalue weighted by Gasteiger charge is 2.35. The lowest BCUT2D eigenvalue weighted by atomic mass is 9.80. The Hall–Kier alpha value is -1.58. The Morgan fingerprint density at radius 1 is 1.53 bits per heavy atom. The van der Waals surface area contributed by atoms with Crippen LogP contribution < -0.4 is 4.90 Å². The van der Waals surface area contributed by atoms with Crippen LogP contribution in [0.25, 0.3) is 0 Å². The predicted octanol–water partition coefficient (Wildman–Crippen LogP) is 3.30. The van der Waals surface area contributed by atoms with E-state index in [0.29, 0.717) is 0 Å². The maximum Gasteiger partial charge on any atom is 0.303 e. The Bertz CT molecular complexity index is 473. The molecule has 3 nitrogen and oxygen atoms in total. The number of hydrogen-bond acceptors (Lipinski definition) is 2. The molecule has 0 spiro atoms. The summed E-state index contributed by atoms with van der Waals surface area (Å²) >= 11 is 0. The van der Waals surface area contributed by atoms with Gasteiger partial charge >= 0.3 is 5.97 Å². The van der Waals surface area contributed by atoms with Crippen LogP contribution in [0.15, 0.2) is 24.3 Å². The van der Waals surface area contributed by atoms with E-state index in [-0.39, 0.29) is 23.7 Å². The van der Waals surface area contributed by atoms with Crippen LogP contribution in [0, 0.1) is 11.7 Å². The van der Waals surface area contributed by atoms with Gasteiger partial charge in [-0.15, -0.1) is 0 Å². The van der Waals surface area contributed by atoms with Crippen molar-refractivity contribution in [2.45, 2.75) is 38.6 Å². The molecule has 0 aromatic heterocycles. The highest BCUT2D eigenvalue weighted by molar-refractivity contribution is 5.67. The van der Waals surface area contributed by atoms with Crippen molar-refractivity contribution in [1.82, 2.24) is 0 Å². The zero-order valence-electron chi connectivity index (χ0n) is 11.4. The SMILES string of the molecule is CC1(C)CC(CC(=O)O)CCN1c1cccc(F)c1. The van der Waals surface area contributed by atoms with Crippen LogP contribution >= 0.6 is 0 Å². The van der Waals surface area contributed by atoms with Gasteiger partial charge in [-0.2, -0.15) is 0 Å². The smallest absolute Gasteiger partial charge is 0.303 e. The van der Waals surface area contributed by atoms with Gasteiger partial charge in [0.2, 0.25) is 0 Å². The van der Waals surface area contributed by atoms with Crippen LogP contribution in [0.4, 0.5) is 10.1 Å². The number of halogens is 1. The maximum atomic E-state index is 13.3. The van der Waals surface area contributed by atoms with Crippen molar-refractivity contribution >= 4 is 11.7 Å². The van der Waals surface area contributed by atoms with E-state index in [1.807, 2.05) is 6.07 Å². The standard InChI is InChI=1S/C15H20FNO2/c1-15(2)10-11(8-14(18)19)6-7-17(15)13-5-3-4-12(16)9-13/h3-5,9,11H,6-8,10H2,1-2H3,(H,18,19). The number of nitrogens with zero attached hydrogens (tertiary/aromatic N) is 1. The fraction of sp³-hybridized carbons (Fsp3) is 0.533. The molecule has 1 fully saturated rings. The Kier molecular flexibility index (Phi) is 3.78. The zero-order chi connectivity index (χ0) is 14.0. The number of carboxylic acid groups (broad SMARTS) is 1. The average Bonchev–Trinajstić information content (AvgIpc) is 2.26. The molecule has 4 heteroatoms. The van der Waals surface area contributed by atoms with Crippen molar-refractivity contribution in [3.8, 4) is 0 Å². The molecular weight excluding hydrogens is 245 g/mol. The summed E-state index contributed by atoms with van der Waals surface area (Å²) in [6.45, 7) is 4.95. The van der Waals surface area contributed by atoms with Crippen LogP contribution in [-0.2, 0) is 4.79 Å². The van der Waals surface area contributed by atoms with E-state index in [9.17, 15) is 9.18 Å². The fourth-order valence-corrected chi connectivity index (χ4v) is 3.08. The normalized spacial score (nSPS) is 22.3. The molecule has 1 unspecified atom stereocenters. The van der Waals surface area contributed by atoms with Crippen molar-refractivity contribution in [1.29, 1.82) is 0 Å². The number of carboxylic acids is 1. The summed E-state index contributed by atoms with van der Waals surface area (Å²) in [5.41, 5.74) is 0.727. The molecule has 104 valence electrons. The van der Waals surface area contributed by atoms with Gasteiger partial charge in [-0.3, -0.25) is 4.79 Å². The number of rotatable bonds is 3. The molecule has 1 aromatic rings. The lowest BCUT2D eigenvalue weighted by molar-refractivity contribution is -0.138. The Morgan fingerprint density at radius 2 is 2.26 bits per heavy atom. The van der Waals surface area contributed by atoms with Gasteiger partial charge < -0.3 is 10.0 Å². The monoisotopic (exact) mass is 265 g/mol. The molecular formula is C15H20FNO2. The maximum absolute atomic E-state index is 13.3.